The summed E-state index contributed by atoms with van der Waals surface area (Å²) in [6.45, 7) is 2.09. The highest BCUT2D eigenvalue weighted by molar-refractivity contribution is 5.96. The van der Waals surface area contributed by atoms with Gasteiger partial charge in [-0.25, -0.2) is 0 Å². The average Bonchev–Trinajstić information content (AvgIpc) is 2.34. The molecule has 0 aromatic heterocycles. The van der Waals surface area contributed by atoms with E-state index in [0.717, 1.165) is 24.1 Å². The molecule has 0 bridgehead atoms. The van der Waals surface area contributed by atoms with Crippen LogP contribution in [-0.4, -0.2) is 12.8 Å². The predicted octanol–water partition coefficient (Wildman–Crippen LogP) is 3.01. The minimum Gasteiger partial charge on any atom is -0.388 e. The van der Waals surface area contributed by atoms with E-state index in [0.29, 0.717) is 6.42 Å². The average molecular weight is 217 g/mol. The summed E-state index contributed by atoms with van der Waals surface area (Å²) in [6, 6.07) is 9.90. The van der Waals surface area contributed by atoms with Crippen LogP contribution in [0.5, 0.6) is 0 Å². The molecule has 1 aromatic carbocycles. The van der Waals surface area contributed by atoms with Crippen molar-refractivity contribution in [2.75, 3.05) is 7.05 Å². The second-order valence-corrected chi connectivity index (χ2v) is 3.74. The Morgan fingerprint density at radius 3 is 2.56 bits per heavy atom. The SMILES string of the molecule is CCCCC(=O)/C=C(\NC)c1ccccc1. The number of nitrogens with one attached hydrogen (secondary N) is 1. The fourth-order valence-corrected chi connectivity index (χ4v) is 1.50. The van der Waals surface area contributed by atoms with Crippen LogP contribution in [-0.2, 0) is 4.79 Å². The molecule has 0 fully saturated rings. The second-order valence-electron chi connectivity index (χ2n) is 3.74. The minimum atomic E-state index is 0.190. The quantitative estimate of drug-likeness (QED) is 0.742. The number of hydrogen-bond acceptors (Lipinski definition) is 2. The van der Waals surface area contributed by atoms with Gasteiger partial charge in [-0.3, -0.25) is 4.79 Å². The largest absolute Gasteiger partial charge is 0.388 e. The van der Waals surface area contributed by atoms with Crippen molar-refractivity contribution in [2.45, 2.75) is 26.2 Å². The lowest BCUT2D eigenvalue weighted by Crippen LogP contribution is -2.07. The van der Waals surface area contributed by atoms with E-state index in [1.54, 1.807) is 6.08 Å². The van der Waals surface area contributed by atoms with Gasteiger partial charge < -0.3 is 5.32 Å². The normalized spacial score (nSPS) is 11.2. The number of carbonyl (C=O) groups excluding carboxylic acids is 1. The van der Waals surface area contributed by atoms with Crippen LogP contribution in [0.4, 0.5) is 0 Å². The molecule has 0 spiro atoms. The molecule has 0 aliphatic rings. The van der Waals surface area contributed by atoms with Gasteiger partial charge in [0.25, 0.3) is 0 Å². The second kappa shape index (κ2) is 6.83. The highest BCUT2D eigenvalue weighted by atomic mass is 16.1. The molecular weight excluding hydrogens is 198 g/mol. The fraction of sp³-hybridized carbons (Fsp3) is 0.357. The molecule has 0 atom stereocenters. The standard InChI is InChI=1S/C14H19NO/c1-3-4-10-13(16)11-14(15-2)12-8-6-5-7-9-12/h5-9,11,15H,3-4,10H2,1-2H3/b14-11-. The Balaban J connectivity index is 2.74. The Morgan fingerprint density at radius 2 is 2.00 bits per heavy atom. The summed E-state index contributed by atoms with van der Waals surface area (Å²) in [4.78, 5) is 11.6. The highest BCUT2D eigenvalue weighted by Crippen LogP contribution is 2.11. The van der Waals surface area contributed by atoms with E-state index in [-0.39, 0.29) is 5.78 Å². The van der Waals surface area contributed by atoms with Gasteiger partial charge in [-0.05, 0) is 12.0 Å². The monoisotopic (exact) mass is 217 g/mol. The molecule has 0 amide bonds. The fourth-order valence-electron chi connectivity index (χ4n) is 1.50. The molecule has 0 radical (unpaired) electrons. The van der Waals surface area contributed by atoms with Crippen molar-refractivity contribution in [3.8, 4) is 0 Å². The van der Waals surface area contributed by atoms with Crippen molar-refractivity contribution in [3.63, 3.8) is 0 Å². The van der Waals surface area contributed by atoms with Crippen LogP contribution in [0.25, 0.3) is 5.70 Å². The summed E-state index contributed by atoms with van der Waals surface area (Å²) in [5.41, 5.74) is 1.94. The lowest BCUT2D eigenvalue weighted by atomic mass is 10.1. The van der Waals surface area contributed by atoms with Crippen LogP contribution in [0.3, 0.4) is 0 Å². The third kappa shape index (κ3) is 3.89. The van der Waals surface area contributed by atoms with E-state index in [1.165, 1.54) is 0 Å². The Hall–Kier alpha value is -1.57. The van der Waals surface area contributed by atoms with Gasteiger partial charge in [0.1, 0.15) is 0 Å². The summed E-state index contributed by atoms with van der Waals surface area (Å²) < 4.78 is 0. The number of rotatable bonds is 6. The van der Waals surface area contributed by atoms with Crippen molar-refractivity contribution >= 4 is 11.5 Å². The summed E-state index contributed by atoms with van der Waals surface area (Å²) in [5.74, 6) is 0.190. The predicted molar refractivity (Wildman–Crippen MR) is 68.0 cm³/mol. The molecule has 2 nitrogen and oxygen atoms in total. The van der Waals surface area contributed by atoms with Crippen molar-refractivity contribution in [2.24, 2.45) is 0 Å². The van der Waals surface area contributed by atoms with E-state index < -0.39 is 0 Å². The Bertz CT molecular complexity index is 354. The van der Waals surface area contributed by atoms with E-state index in [4.69, 9.17) is 0 Å². The van der Waals surface area contributed by atoms with Crippen LogP contribution in [0.2, 0.25) is 0 Å². The lowest BCUT2D eigenvalue weighted by molar-refractivity contribution is -0.114. The summed E-state index contributed by atoms with van der Waals surface area (Å²) in [6.07, 6.45) is 4.35. The summed E-state index contributed by atoms with van der Waals surface area (Å²) in [5, 5.41) is 3.07. The molecule has 1 aromatic rings. The Morgan fingerprint density at radius 1 is 1.31 bits per heavy atom. The van der Waals surface area contributed by atoms with Crippen LogP contribution in [0.15, 0.2) is 36.4 Å². The molecule has 0 aliphatic heterocycles. The molecule has 1 N–H and O–H groups in total. The zero-order chi connectivity index (χ0) is 11.8. The first-order chi connectivity index (χ1) is 7.77. The minimum absolute atomic E-state index is 0.190. The van der Waals surface area contributed by atoms with Gasteiger partial charge >= 0.3 is 0 Å². The number of ketones is 1. The smallest absolute Gasteiger partial charge is 0.157 e. The van der Waals surface area contributed by atoms with E-state index in [1.807, 2.05) is 37.4 Å². The van der Waals surface area contributed by atoms with E-state index >= 15 is 0 Å². The van der Waals surface area contributed by atoms with Crippen molar-refractivity contribution in [1.82, 2.24) is 5.32 Å². The number of benzene rings is 1. The van der Waals surface area contributed by atoms with Crippen LogP contribution >= 0.6 is 0 Å². The van der Waals surface area contributed by atoms with Crippen molar-refractivity contribution in [3.05, 3.63) is 42.0 Å². The number of hydrogen-bond donors (Lipinski definition) is 1. The van der Waals surface area contributed by atoms with Gasteiger partial charge in [0, 0.05) is 25.2 Å². The van der Waals surface area contributed by atoms with Crippen LogP contribution < -0.4 is 5.32 Å². The first-order valence-electron chi connectivity index (χ1n) is 5.75. The molecule has 16 heavy (non-hydrogen) atoms. The third-order valence-corrected chi connectivity index (χ3v) is 2.44. The van der Waals surface area contributed by atoms with Gasteiger partial charge in [-0.1, -0.05) is 43.7 Å². The van der Waals surface area contributed by atoms with Gasteiger partial charge in [0.2, 0.25) is 0 Å². The van der Waals surface area contributed by atoms with Crippen molar-refractivity contribution in [1.29, 1.82) is 0 Å². The number of carbonyl (C=O) groups is 1. The number of allylic oxidation sites excluding steroid dienone is 1. The maximum absolute atomic E-state index is 11.6. The molecule has 1 rings (SSSR count). The Labute approximate surface area is 97.4 Å². The molecule has 0 saturated carbocycles. The summed E-state index contributed by atoms with van der Waals surface area (Å²) >= 11 is 0. The van der Waals surface area contributed by atoms with Gasteiger partial charge in [0.15, 0.2) is 5.78 Å². The summed E-state index contributed by atoms with van der Waals surface area (Å²) in [7, 11) is 1.84. The number of unbranched alkanes of at least 4 members (excludes halogenated alkanes) is 1. The molecule has 86 valence electrons. The molecule has 2 heteroatoms. The molecule has 0 unspecified atom stereocenters. The first-order valence-corrected chi connectivity index (χ1v) is 5.75. The molecule has 0 saturated heterocycles. The highest BCUT2D eigenvalue weighted by Gasteiger charge is 2.02. The van der Waals surface area contributed by atoms with Crippen LogP contribution in [0, 0.1) is 0 Å². The molecule has 0 heterocycles. The zero-order valence-electron chi connectivity index (χ0n) is 9.99. The van der Waals surface area contributed by atoms with E-state index in [9.17, 15) is 4.79 Å². The van der Waals surface area contributed by atoms with E-state index in [2.05, 4.69) is 12.2 Å². The third-order valence-electron chi connectivity index (χ3n) is 2.44. The maximum Gasteiger partial charge on any atom is 0.157 e. The maximum atomic E-state index is 11.6. The van der Waals surface area contributed by atoms with Gasteiger partial charge in [-0.2, -0.15) is 0 Å². The van der Waals surface area contributed by atoms with Gasteiger partial charge in [0.05, 0.1) is 0 Å². The van der Waals surface area contributed by atoms with Gasteiger partial charge in [-0.15, -0.1) is 0 Å². The molecule has 0 aliphatic carbocycles. The zero-order valence-corrected chi connectivity index (χ0v) is 9.99. The van der Waals surface area contributed by atoms with Crippen LogP contribution in [0.1, 0.15) is 31.7 Å². The first kappa shape index (κ1) is 12.5. The molecular formula is C14H19NO. The Kier molecular flexibility index (Phi) is 5.34. The lowest BCUT2D eigenvalue weighted by Gasteiger charge is -2.06. The van der Waals surface area contributed by atoms with Crippen molar-refractivity contribution < 1.29 is 4.79 Å². The topological polar surface area (TPSA) is 29.1 Å².